The Bertz CT molecular complexity index is 1040. The Labute approximate surface area is 161 Å². The molecule has 3 amide bonds. The minimum Gasteiger partial charge on any atom is -0.508 e. The normalized spacial score (nSPS) is 22.0. The molecule has 1 atom stereocenters. The zero-order chi connectivity index (χ0) is 20.8. The highest BCUT2D eigenvalue weighted by molar-refractivity contribution is 6.06. The van der Waals surface area contributed by atoms with Gasteiger partial charge in [0.25, 0.3) is 5.91 Å². The van der Waals surface area contributed by atoms with Crippen molar-refractivity contribution in [2.24, 2.45) is 0 Å². The standard InChI is InChI=1S/C20H18FN3O4/c21-15-5-4-12(25)8-11(15)9-22-16-3-1-2-13-14(16)10-24(20(13)28)17-6-7-18(26)23-19(17)27/h1-5,8,17,22,25H,6-7,9-10H2,(H,23,26,27)/t17-/m1/s1/i17D. The van der Waals surface area contributed by atoms with Gasteiger partial charge in [0.05, 0.1) is 1.37 Å². The number of carbonyl (C=O) groups excluding carboxylic acids is 3. The summed E-state index contributed by atoms with van der Waals surface area (Å²) in [4.78, 5) is 37.7. The number of carbonyl (C=O) groups is 3. The summed E-state index contributed by atoms with van der Waals surface area (Å²) in [5.41, 5.74) is 1.76. The van der Waals surface area contributed by atoms with Crippen LogP contribution in [0.4, 0.5) is 10.1 Å². The predicted octanol–water partition coefficient (Wildman–Crippen LogP) is 1.90. The molecule has 144 valence electrons. The number of rotatable bonds is 4. The Morgan fingerprint density at radius 1 is 1.29 bits per heavy atom. The van der Waals surface area contributed by atoms with Gasteiger partial charge in [-0.05, 0) is 36.8 Å². The number of hydrogen-bond donors (Lipinski definition) is 3. The average molecular weight is 384 g/mol. The maximum Gasteiger partial charge on any atom is 0.255 e. The van der Waals surface area contributed by atoms with Crippen molar-refractivity contribution in [2.45, 2.75) is 31.9 Å². The lowest BCUT2D eigenvalue weighted by atomic mass is 10.0. The van der Waals surface area contributed by atoms with Crippen LogP contribution >= 0.6 is 0 Å². The van der Waals surface area contributed by atoms with Crippen LogP contribution in [0, 0.1) is 5.82 Å². The quantitative estimate of drug-likeness (QED) is 0.700. The monoisotopic (exact) mass is 384 g/mol. The van der Waals surface area contributed by atoms with Crippen molar-refractivity contribution in [3.63, 3.8) is 0 Å². The third-order valence-electron chi connectivity index (χ3n) is 4.90. The summed E-state index contributed by atoms with van der Waals surface area (Å²) in [6.07, 6.45) is -0.0914. The van der Waals surface area contributed by atoms with E-state index in [1.54, 1.807) is 18.2 Å². The van der Waals surface area contributed by atoms with E-state index in [0.717, 1.165) is 4.90 Å². The van der Waals surface area contributed by atoms with Gasteiger partial charge in [0.15, 0.2) is 0 Å². The Morgan fingerprint density at radius 3 is 2.89 bits per heavy atom. The van der Waals surface area contributed by atoms with Gasteiger partial charge in [-0.15, -0.1) is 0 Å². The molecule has 0 bridgehead atoms. The van der Waals surface area contributed by atoms with Crippen LogP contribution in [0.2, 0.25) is 0 Å². The number of nitrogens with one attached hydrogen (secondary N) is 2. The largest absolute Gasteiger partial charge is 0.508 e. The first-order chi connectivity index (χ1) is 13.8. The number of imide groups is 1. The van der Waals surface area contributed by atoms with E-state index in [0.29, 0.717) is 16.8 Å². The molecule has 2 aliphatic rings. The van der Waals surface area contributed by atoms with Crippen molar-refractivity contribution in [3.8, 4) is 5.75 Å². The summed E-state index contributed by atoms with van der Waals surface area (Å²) < 4.78 is 22.4. The Kier molecular flexibility index (Phi) is 4.16. The number of benzene rings is 2. The van der Waals surface area contributed by atoms with Crippen LogP contribution in [0.15, 0.2) is 36.4 Å². The summed E-state index contributed by atoms with van der Waals surface area (Å²) in [5, 5.41) is 14.7. The van der Waals surface area contributed by atoms with Crippen molar-refractivity contribution < 1.29 is 25.3 Å². The lowest BCUT2D eigenvalue weighted by molar-refractivity contribution is -0.136. The molecule has 2 aliphatic heterocycles. The van der Waals surface area contributed by atoms with Crippen LogP contribution < -0.4 is 10.6 Å². The number of phenols is 1. The molecule has 1 saturated heterocycles. The minimum absolute atomic E-state index is 0.0166. The summed E-state index contributed by atoms with van der Waals surface area (Å²) in [6, 6.07) is 6.85. The topological polar surface area (TPSA) is 98.7 Å². The number of piperidine rings is 1. The van der Waals surface area contributed by atoms with E-state index < -0.39 is 29.6 Å². The van der Waals surface area contributed by atoms with E-state index in [2.05, 4.69) is 10.6 Å². The van der Waals surface area contributed by atoms with Crippen LogP contribution in [-0.4, -0.2) is 33.7 Å². The van der Waals surface area contributed by atoms with Crippen LogP contribution in [0.1, 0.15) is 35.7 Å². The molecule has 4 rings (SSSR count). The summed E-state index contributed by atoms with van der Waals surface area (Å²) in [6.45, 7) is 0.0941. The number of amides is 3. The maximum atomic E-state index is 13.9. The highest BCUT2D eigenvalue weighted by atomic mass is 19.1. The molecule has 0 aliphatic carbocycles. The Morgan fingerprint density at radius 2 is 2.11 bits per heavy atom. The van der Waals surface area contributed by atoms with Gasteiger partial charge in [0.1, 0.15) is 17.6 Å². The fraction of sp³-hybridized carbons (Fsp3) is 0.250. The van der Waals surface area contributed by atoms with Crippen LogP contribution in [0.25, 0.3) is 0 Å². The second kappa shape index (κ2) is 6.95. The predicted molar refractivity (Wildman–Crippen MR) is 97.9 cm³/mol. The number of aromatic hydroxyl groups is 1. The molecule has 0 aromatic heterocycles. The van der Waals surface area contributed by atoms with Gasteiger partial charge in [0.2, 0.25) is 11.8 Å². The maximum absolute atomic E-state index is 13.9. The van der Waals surface area contributed by atoms with Crippen molar-refractivity contribution >= 4 is 23.4 Å². The van der Waals surface area contributed by atoms with E-state index in [1.165, 1.54) is 18.2 Å². The van der Waals surface area contributed by atoms with Crippen LogP contribution in [-0.2, 0) is 22.7 Å². The fourth-order valence-corrected chi connectivity index (χ4v) is 3.47. The number of fused-ring (bicyclic) bond motifs is 1. The van der Waals surface area contributed by atoms with E-state index in [-0.39, 0.29) is 37.2 Å². The minimum atomic E-state index is -1.86. The van der Waals surface area contributed by atoms with Crippen LogP contribution in [0.3, 0.4) is 0 Å². The first-order valence-electron chi connectivity index (χ1n) is 9.29. The number of nitrogens with zero attached hydrogens (tertiary/aromatic N) is 1. The molecule has 1 fully saturated rings. The molecule has 2 aromatic rings. The smallest absolute Gasteiger partial charge is 0.255 e. The lowest BCUT2D eigenvalue weighted by Crippen LogP contribution is -2.52. The highest BCUT2D eigenvalue weighted by Gasteiger charge is 2.39. The number of hydrogen-bond acceptors (Lipinski definition) is 5. The zero-order valence-electron chi connectivity index (χ0n) is 15.8. The molecule has 0 spiro atoms. The zero-order valence-corrected chi connectivity index (χ0v) is 14.8. The molecule has 0 unspecified atom stereocenters. The molecule has 0 radical (unpaired) electrons. The lowest BCUT2D eigenvalue weighted by Gasteiger charge is -2.29. The van der Waals surface area contributed by atoms with Crippen molar-refractivity contribution in [1.82, 2.24) is 10.2 Å². The molecule has 2 aromatic carbocycles. The summed E-state index contributed by atoms with van der Waals surface area (Å²) in [7, 11) is 0. The molecule has 7 nitrogen and oxygen atoms in total. The molecular weight excluding hydrogens is 365 g/mol. The molecule has 8 heteroatoms. The van der Waals surface area contributed by atoms with Gasteiger partial charge in [-0.1, -0.05) is 6.07 Å². The molecule has 28 heavy (non-hydrogen) atoms. The first kappa shape index (κ1) is 16.7. The van der Waals surface area contributed by atoms with Gasteiger partial charge < -0.3 is 15.3 Å². The third-order valence-corrected chi connectivity index (χ3v) is 4.90. The summed E-state index contributed by atoms with van der Waals surface area (Å²) in [5.74, 6) is -2.28. The van der Waals surface area contributed by atoms with E-state index >= 15 is 0 Å². The number of phenolic OH excluding ortho intramolecular Hbond substituents is 1. The van der Waals surface area contributed by atoms with E-state index in [1.807, 2.05) is 0 Å². The molecule has 3 N–H and O–H groups in total. The number of halogens is 1. The summed E-state index contributed by atoms with van der Waals surface area (Å²) >= 11 is 0. The Hall–Kier alpha value is -3.42. The average Bonchev–Trinajstić information content (AvgIpc) is 3.04. The van der Waals surface area contributed by atoms with Gasteiger partial charge in [-0.25, -0.2) is 4.39 Å². The molecular formula is C20H18FN3O4. The fourth-order valence-electron chi connectivity index (χ4n) is 3.47. The van der Waals surface area contributed by atoms with Crippen LogP contribution in [0.5, 0.6) is 5.75 Å². The molecule has 2 heterocycles. The highest BCUT2D eigenvalue weighted by Crippen LogP contribution is 2.32. The van der Waals surface area contributed by atoms with Gasteiger partial charge in [-0.3, -0.25) is 19.7 Å². The van der Waals surface area contributed by atoms with Crippen molar-refractivity contribution in [3.05, 3.63) is 58.9 Å². The van der Waals surface area contributed by atoms with Gasteiger partial charge in [-0.2, -0.15) is 0 Å². The van der Waals surface area contributed by atoms with Gasteiger partial charge >= 0.3 is 0 Å². The third kappa shape index (κ3) is 3.17. The van der Waals surface area contributed by atoms with E-state index in [4.69, 9.17) is 1.37 Å². The SMILES string of the molecule is [2H][C@@]1(N2Cc3c(NCc4cc(O)ccc4F)cccc3C2=O)CCC(=O)NC1=O. The Balaban J connectivity index is 1.59. The van der Waals surface area contributed by atoms with E-state index in [9.17, 15) is 23.9 Å². The van der Waals surface area contributed by atoms with Crippen molar-refractivity contribution in [2.75, 3.05) is 5.32 Å². The molecule has 0 saturated carbocycles. The second-order valence-corrected chi connectivity index (χ2v) is 6.68. The second-order valence-electron chi connectivity index (χ2n) is 6.68. The van der Waals surface area contributed by atoms with Crippen molar-refractivity contribution in [1.29, 1.82) is 0 Å². The number of anilines is 1. The van der Waals surface area contributed by atoms with Gasteiger partial charge in [0, 0.05) is 41.9 Å². The first-order valence-corrected chi connectivity index (χ1v) is 8.79.